The van der Waals surface area contributed by atoms with Gasteiger partial charge < -0.3 is 4.42 Å². The highest BCUT2D eigenvalue weighted by molar-refractivity contribution is 6.02. The predicted molar refractivity (Wildman–Crippen MR) is 66.5 cm³/mol. The fourth-order valence-electron chi connectivity index (χ4n) is 1.57. The molecule has 0 bridgehead atoms. The number of carbonyl (C=O) groups excluding carboxylic acids is 1. The fourth-order valence-corrected chi connectivity index (χ4v) is 1.57. The van der Waals surface area contributed by atoms with Crippen molar-refractivity contribution in [1.82, 2.24) is 20.2 Å². The van der Waals surface area contributed by atoms with Gasteiger partial charge in [-0.05, 0) is 12.1 Å². The van der Waals surface area contributed by atoms with Crippen molar-refractivity contribution in [3.05, 3.63) is 42.0 Å². The van der Waals surface area contributed by atoms with Gasteiger partial charge in [-0.1, -0.05) is 17.2 Å². The second-order valence-corrected chi connectivity index (χ2v) is 3.82. The maximum Gasteiger partial charge on any atom is 0.322 e. The van der Waals surface area contributed by atoms with E-state index in [9.17, 15) is 4.79 Å². The van der Waals surface area contributed by atoms with Gasteiger partial charge in [0, 0.05) is 6.92 Å². The van der Waals surface area contributed by atoms with Crippen molar-refractivity contribution in [2.45, 2.75) is 6.92 Å². The summed E-state index contributed by atoms with van der Waals surface area (Å²) in [7, 11) is 0. The number of para-hydroxylation sites is 2. The molecular weight excluding hydrogens is 246 g/mol. The second-order valence-electron chi connectivity index (χ2n) is 3.82. The van der Waals surface area contributed by atoms with E-state index in [1.807, 2.05) is 18.2 Å². The standard InChI is InChI=1S/C12H9N5O2/c1-7-16-17-12(19-7)15-11(18)10-6-13-8-4-2-3-5-9(8)14-10/h2-6H,1H3,(H,15,17,18). The third-order valence-electron chi connectivity index (χ3n) is 2.43. The van der Waals surface area contributed by atoms with Crippen molar-refractivity contribution in [2.75, 3.05) is 5.32 Å². The van der Waals surface area contributed by atoms with Crippen molar-refractivity contribution >= 4 is 23.0 Å². The molecule has 1 aromatic carbocycles. The van der Waals surface area contributed by atoms with Crippen molar-refractivity contribution in [3.63, 3.8) is 0 Å². The topological polar surface area (TPSA) is 93.8 Å². The van der Waals surface area contributed by atoms with E-state index in [1.54, 1.807) is 13.0 Å². The molecule has 2 aromatic heterocycles. The molecule has 0 saturated carbocycles. The molecule has 0 aliphatic rings. The van der Waals surface area contributed by atoms with Gasteiger partial charge in [-0.15, -0.1) is 5.10 Å². The first-order valence-corrected chi connectivity index (χ1v) is 5.55. The summed E-state index contributed by atoms with van der Waals surface area (Å²) in [5.74, 6) is -0.0678. The van der Waals surface area contributed by atoms with Gasteiger partial charge in [0.15, 0.2) is 0 Å². The van der Waals surface area contributed by atoms with Crippen molar-refractivity contribution in [1.29, 1.82) is 0 Å². The maximum absolute atomic E-state index is 11.9. The lowest BCUT2D eigenvalue weighted by Gasteiger charge is -2.01. The average molecular weight is 255 g/mol. The van der Waals surface area contributed by atoms with Crippen LogP contribution in [0.1, 0.15) is 16.4 Å². The number of hydrogen-bond acceptors (Lipinski definition) is 6. The van der Waals surface area contributed by atoms with Crippen molar-refractivity contribution in [2.24, 2.45) is 0 Å². The Morgan fingerprint density at radius 3 is 2.74 bits per heavy atom. The van der Waals surface area contributed by atoms with E-state index in [2.05, 4.69) is 25.5 Å². The number of aromatic nitrogens is 4. The quantitative estimate of drug-likeness (QED) is 0.747. The molecule has 1 N–H and O–H groups in total. The van der Waals surface area contributed by atoms with Crippen LogP contribution in [0, 0.1) is 6.92 Å². The molecule has 0 fully saturated rings. The Morgan fingerprint density at radius 2 is 2.00 bits per heavy atom. The summed E-state index contributed by atoms with van der Waals surface area (Å²) >= 11 is 0. The lowest BCUT2D eigenvalue weighted by molar-refractivity contribution is 0.101. The first kappa shape index (κ1) is 11.3. The Balaban J connectivity index is 1.89. The van der Waals surface area contributed by atoms with Crippen molar-refractivity contribution in [3.8, 4) is 0 Å². The van der Waals surface area contributed by atoms with Crippen LogP contribution in [-0.2, 0) is 0 Å². The Labute approximate surface area is 107 Å². The van der Waals surface area contributed by atoms with Crippen LogP contribution in [0.5, 0.6) is 0 Å². The molecule has 1 amide bonds. The Kier molecular flexibility index (Phi) is 2.64. The van der Waals surface area contributed by atoms with Gasteiger partial charge in [0.25, 0.3) is 5.91 Å². The first-order chi connectivity index (χ1) is 9.22. The number of nitrogens with zero attached hydrogens (tertiary/aromatic N) is 4. The zero-order valence-corrected chi connectivity index (χ0v) is 9.99. The summed E-state index contributed by atoms with van der Waals surface area (Å²) in [6.07, 6.45) is 1.40. The highest BCUT2D eigenvalue weighted by Crippen LogP contribution is 2.10. The van der Waals surface area contributed by atoms with Crippen LogP contribution in [0.3, 0.4) is 0 Å². The van der Waals surface area contributed by atoms with E-state index in [0.29, 0.717) is 11.4 Å². The molecule has 0 aliphatic heterocycles. The van der Waals surface area contributed by atoms with Gasteiger partial charge in [0.1, 0.15) is 5.69 Å². The number of benzene rings is 1. The number of anilines is 1. The molecule has 7 nitrogen and oxygen atoms in total. The predicted octanol–water partition coefficient (Wildman–Crippen LogP) is 1.57. The van der Waals surface area contributed by atoms with Gasteiger partial charge in [-0.25, -0.2) is 4.98 Å². The van der Waals surface area contributed by atoms with E-state index in [0.717, 1.165) is 5.52 Å². The second kappa shape index (κ2) is 4.45. The maximum atomic E-state index is 11.9. The van der Waals surface area contributed by atoms with Crippen LogP contribution in [0.4, 0.5) is 6.01 Å². The third kappa shape index (κ3) is 2.25. The van der Waals surface area contributed by atoms with Gasteiger partial charge in [-0.3, -0.25) is 15.1 Å². The summed E-state index contributed by atoms with van der Waals surface area (Å²) in [6, 6.07) is 7.34. The first-order valence-electron chi connectivity index (χ1n) is 5.55. The molecule has 0 radical (unpaired) electrons. The molecule has 0 saturated heterocycles. The molecule has 19 heavy (non-hydrogen) atoms. The summed E-state index contributed by atoms with van der Waals surface area (Å²) < 4.78 is 5.06. The summed E-state index contributed by atoms with van der Waals surface area (Å²) in [6.45, 7) is 1.64. The molecule has 2 heterocycles. The van der Waals surface area contributed by atoms with Crippen LogP contribution in [0.2, 0.25) is 0 Å². The number of carbonyl (C=O) groups is 1. The highest BCUT2D eigenvalue weighted by atomic mass is 16.4. The normalized spacial score (nSPS) is 10.6. The van der Waals surface area contributed by atoms with Gasteiger partial charge >= 0.3 is 6.01 Å². The number of fused-ring (bicyclic) bond motifs is 1. The molecule has 94 valence electrons. The average Bonchev–Trinajstić information content (AvgIpc) is 2.83. The molecule has 7 heteroatoms. The zero-order chi connectivity index (χ0) is 13.2. The van der Waals surface area contributed by atoms with E-state index in [4.69, 9.17) is 4.42 Å². The Morgan fingerprint density at radius 1 is 1.21 bits per heavy atom. The minimum Gasteiger partial charge on any atom is -0.408 e. The number of rotatable bonds is 2. The minimum absolute atomic E-state index is 0.0393. The van der Waals surface area contributed by atoms with E-state index < -0.39 is 5.91 Å². The molecule has 3 rings (SSSR count). The largest absolute Gasteiger partial charge is 0.408 e. The molecule has 0 spiro atoms. The highest BCUT2D eigenvalue weighted by Gasteiger charge is 2.12. The molecule has 3 aromatic rings. The van der Waals surface area contributed by atoms with Crippen LogP contribution >= 0.6 is 0 Å². The monoisotopic (exact) mass is 255 g/mol. The van der Waals surface area contributed by atoms with Crippen LogP contribution in [-0.4, -0.2) is 26.1 Å². The van der Waals surface area contributed by atoms with E-state index in [-0.39, 0.29) is 11.7 Å². The number of nitrogens with one attached hydrogen (secondary N) is 1. The lowest BCUT2D eigenvalue weighted by Crippen LogP contribution is -2.14. The summed E-state index contributed by atoms with van der Waals surface area (Å²) in [5, 5.41) is 9.75. The summed E-state index contributed by atoms with van der Waals surface area (Å²) in [5.41, 5.74) is 1.57. The van der Waals surface area contributed by atoms with E-state index in [1.165, 1.54) is 6.20 Å². The molecule has 0 atom stereocenters. The van der Waals surface area contributed by atoms with Gasteiger partial charge in [-0.2, -0.15) is 0 Å². The summed E-state index contributed by atoms with van der Waals surface area (Å²) in [4.78, 5) is 20.3. The minimum atomic E-state index is -0.443. The number of hydrogen-bond donors (Lipinski definition) is 1. The zero-order valence-electron chi connectivity index (χ0n) is 9.99. The number of aryl methyl sites for hydroxylation is 1. The molecular formula is C12H9N5O2. The Bertz CT molecular complexity index is 752. The SMILES string of the molecule is Cc1nnc(NC(=O)c2cnc3ccccc3n2)o1. The van der Waals surface area contributed by atoms with Crippen LogP contribution in [0.15, 0.2) is 34.9 Å². The smallest absolute Gasteiger partial charge is 0.322 e. The third-order valence-corrected chi connectivity index (χ3v) is 2.43. The Hall–Kier alpha value is -2.83. The van der Waals surface area contributed by atoms with E-state index >= 15 is 0 Å². The molecule has 0 aliphatic carbocycles. The van der Waals surface area contributed by atoms with Gasteiger partial charge in [0.05, 0.1) is 17.2 Å². The van der Waals surface area contributed by atoms with Gasteiger partial charge in [0.2, 0.25) is 5.89 Å². The van der Waals surface area contributed by atoms with Crippen LogP contribution in [0.25, 0.3) is 11.0 Å². The lowest BCUT2D eigenvalue weighted by atomic mass is 10.3. The number of amides is 1. The fraction of sp³-hybridized carbons (Fsp3) is 0.0833. The van der Waals surface area contributed by atoms with Crippen molar-refractivity contribution < 1.29 is 9.21 Å². The van der Waals surface area contributed by atoms with Crippen LogP contribution < -0.4 is 5.32 Å². The molecule has 0 unspecified atom stereocenters.